The van der Waals surface area contributed by atoms with Gasteiger partial charge in [-0.2, -0.15) is 5.26 Å². The van der Waals surface area contributed by atoms with Gasteiger partial charge >= 0.3 is 0 Å². The molecule has 0 bridgehead atoms. The molecule has 1 atom stereocenters. The summed E-state index contributed by atoms with van der Waals surface area (Å²) >= 11 is 1.53. The Labute approximate surface area is 163 Å². The Hall–Kier alpha value is -2.65. The summed E-state index contributed by atoms with van der Waals surface area (Å²) in [5.41, 5.74) is 3.48. The van der Waals surface area contributed by atoms with Gasteiger partial charge in [0.05, 0.1) is 29.7 Å². The lowest BCUT2D eigenvalue weighted by Gasteiger charge is -2.13. The summed E-state index contributed by atoms with van der Waals surface area (Å²) in [4.78, 5) is 12.4. The van der Waals surface area contributed by atoms with E-state index in [1.807, 2.05) is 38.1 Å². The van der Waals surface area contributed by atoms with Gasteiger partial charge in [0.1, 0.15) is 17.6 Å². The molecule has 2 aromatic rings. The highest BCUT2D eigenvalue weighted by atomic mass is 32.2. The smallest absolute Gasteiger partial charge is 0.234 e. The minimum atomic E-state index is -0.0828. The number of carbonyl (C=O) groups excluding carboxylic acids is 1. The van der Waals surface area contributed by atoms with E-state index in [1.165, 1.54) is 11.8 Å². The van der Waals surface area contributed by atoms with Gasteiger partial charge in [-0.05, 0) is 37.6 Å². The number of fused-ring (bicyclic) bond motifs is 1. The highest BCUT2D eigenvalue weighted by molar-refractivity contribution is 7.99. The van der Waals surface area contributed by atoms with E-state index in [0.29, 0.717) is 35.1 Å². The van der Waals surface area contributed by atoms with E-state index in [9.17, 15) is 4.79 Å². The number of rotatable bonds is 7. The van der Waals surface area contributed by atoms with Crippen LogP contribution in [0.3, 0.4) is 0 Å². The van der Waals surface area contributed by atoms with Crippen molar-refractivity contribution in [1.29, 1.82) is 5.26 Å². The van der Waals surface area contributed by atoms with Crippen LogP contribution in [0, 0.1) is 11.3 Å². The van der Waals surface area contributed by atoms with E-state index in [2.05, 4.69) is 11.4 Å². The second-order valence-corrected chi connectivity index (χ2v) is 7.36. The molecular weight excluding hydrogens is 360 g/mol. The van der Waals surface area contributed by atoms with Crippen molar-refractivity contribution in [2.24, 2.45) is 0 Å². The van der Waals surface area contributed by atoms with Crippen molar-refractivity contribution in [3.05, 3.63) is 53.1 Å². The number of anilines is 1. The number of hydrogen-bond donors (Lipinski definition) is 1. The lowest BCUT2D eigenvalue weighted by Crippen LogP contribution is -2.15. The van der Waals surface area contributed by atoms with Crippen molar-refractivity contribution in [1.82, 2.24) is 0 Å². The Bertz CT molecular complexity index is 859. The van der Waals surface area contributed by atoms with Gasteiger partial charge in [-0.1, -0.05) is 12.1 Å². The third-order valence-electron chi connectivity index (χ3n) is 4.16. The Balaban J connectivity index is 1.58. The van der Waals surface area contributed by atoms with Crippen LogP contribution >= 0.6 is 11.8 Å². The maximum Gasteiger partial charge on any atom is 0.234 e. The molecule has 0 aromatic heterocycles. The maximum absolute atomic E-state index is 12.4. The minimum absolute atomic E-state index is 0.0828. The largest absolute Gasteiger partial charge is 0.492 e. The monoisotopic (exact) mass is 382 g/mol. The van der Waals surface area contributed by atoms with Gasteiger partial charge in [-0.25, -0.2) is 0 Å². The van der Waals surface area contributed by atoms with Gasteiger partial charge in [0.15, 0.2) is 0 Å². The Morgan fingerprint density at radius 1 is 1.37 bits per heavy atom. The Morgan fingerprint density at radius 2 is 2.15 bits per heavy atom. The molecule has 2 aromatic carbocycles. The number of carbonyl (C=O) groups is 1. The number of ether oxygens (including phenoxy) is 2. The van der Waals surface area contributed by atoms with E-state index in [0.717, 1.165) is 23.3 Å². The Morgan fingerprint density at radius 3 is 2.85 bits per heavy atom. The lowest BCUT2D eigenvalue weighted by atomic mass is 10.1. The molecule has 1 aliphatic rings. The fourth-order valence-corrected chi connectivity index (χ4v) is 3.72. The minimum Gasteiger partial charge on any atom is -0.492 e. The average Bonchev–Trinajstić information content (AvgIpc) is 3.01. The van der Waals surface area contributed by atoms with Crippen LogP contribution in [0.15, 0.2) is 36.4 Å². The number of amides is 1. The molecule has 0 saturated heterocycles. The second-order valence-electron chi connectivity index (χ2n) is 6.37. The Kier molecular flexibility index (Phi) is 6.25. The van der Waals surface area contributed by atoms with E-state index >= 15 is 0 Å². The number of thioether (sulfide) groups is 1. The van der Waals surface area contributed by atoms with E-state index in [1.54, 1.807) is 12.1 Å². The third-order valence-corrected chi connectivity index (χ3v) is 5.16. The van der Waals surface area contributed by atoms with Crippen LogP contribution in [-0.4, -0.2) is 24.4 Å². The topological polar surface area (TPSA) is 71.3 Å². The van der Waals surface area contributed by atoms with Crippen LogP contribution in [0.25, 0.3) is 0 Å². The molecule has 6 heteroatoms. The molecule has 0 radical (unpaired) electrons. The van der Waals surface area contributed by atoms with E-state index in [-0.39, 0.29) is 12.0 Å². The first-order valence-electron chi connectivity index (χ1n) is 8.92. The zero-order valence-electron chi connectivity index (χ0n) is 15.5. The van der Waals surface area contributed by atoms with Gasteiger partial charge < -0.3 is 14.8 Å². The highest BCUT2D eigenvalue weighted by Gasteiger charge is 2.22. The zero-order chi connectivity index (χ0) is 19.2. The highest BCUT2D eigenvalue weighted by Crippen LogP contribution is 2.38. The van der Waals surface area contributed by atoms with Gasteiger partial charge in [0.25, 0.3) is 0 Å². The predicted octanol–water partition coefficient (Wildman–Crippen LogP) is 4.15. The number of hydrogen-bond acceptors (Lipinski definition) is 5. The average molecular weight is 382 g/mol. The molecule has 1 aliphatic heterocycles. The standard InChI is InChI=1S/C21H22N2O3S/c1-3-25-20-9-17-8-14(2)26-19(17)10-18(20)23-21(24)13-27-12-16-6-4-15(11-22)5-7-16/h4-7,9-10,14H,3,8,12-13H2,1-2H3,(H,23,24). The summed E-state index contributed by atoms with van der Waals surface area (Å²) in [6, 6.07) is 13.3. The van der Waals surface area contributed by atoms with E-state index < -0.39 is 0 Å². The van der Waals surface area contributed by atoms with Crippen molar-refractivity contribution in [3.8, 4) is 17.6 Å². The van der Waals surface area contributed by atoms with Crippen molar-refractivity contribution in [2.75, 3.05) is 17.7 Å². The predicted molar refractivity (Wildman–Crippen MR) is 107 cm³/mol. The van der Waals surface area contributed by atoms with Crippen LogP contribution in [-0.2, 0) is 17.0 Å². The van der Waals surface area contributed by atoms with Crippen LogP contribution in [0.2, 0.25) is 0 Å². The fourth-order valence-electron chi connectivity index (χ4n) is 2.94. The molecule has 1 heterocycles. The quantitative estimate of drug-likeness (QED) is 0.779. The molecule has 27 heavy (non-hydrogen) atoms. The number of nitriles is 1. The molecule has 1 N–H and O–H groups in total. The van der Waals surface area contributed by atoms with Crippen LogP contribution in [0.4, 0.5) is 5.69 Å². The second kappa shape index (κ2) is 8.83. The first-order chi connectivity index (χ1) is 13.1. The molecule has 3 rings (SSSR count). The first-order valence-corrected chi connectivity index (χ1v) is 10.1. The summed E-state index contributed by atoms with van der Waals surface area (Å²) < 4.78 is 11.5. The molecule has 0 fully saturated rings. The summed E-state index contributed by atoms with van der Waals surface area (Å²) in [5, 5.41) is 11.8. The summed E-state index contributed by atoms with van der Waals surface area (Å²) in [7, 11) is 0. The van der Waals surface area contributed by atoms with Crippen LogP contribution in [0.5, 0.6) is 11.5 Å². The molecule has 1 amide bonds. The van der Waals surface area contributed by atoms with Crippen LogP contribution in [0.1, 0.15) is 30.5 Å². The van der Waals surface area contributed by atoms with Gasteiger partial charge in [-0.3, -0.25) is 4.79 Å². The van der Waals surface area contributed by atoms with Gasteiger partial charge in [0.2, 0.25) is 5.91 Å². The summed E-state index contributed by atoms with van der Waals surface area (Å²) in [5.74, 6) is 2.45. The first kappa shape index (κ1) is 19.1. The number of nitrogens with one attached hydrogen (secondary N) is 1. The summed E-state index contributed by atoms with van der Waals surface area (Å²) in [6.45, 7) is 4.48. The van der Waals surface area contributed by atoms with Gasteiger partial charge in [-0.15, -0.1) is 11.8 Å². The van der Waals surface area contributed by atoms with Gasteiger partial charge in [0, 0.05) is 23.8 Å². The third kappa shape index (κ3) is 4.95. The van der Waals surface area contributed by atoms with Crippen molar-refractivity contribution in [2.45, 2.75) is 32.1 Å². The molecule has 0 spiro atoms. The maximum atomic E-state index is 12.4. The molecular formula is C21H22N2O3S. The van der Waals surface area contributed by atoms with Crippen LogP contribution < -0.4 is 14.8 Å². The summed E-state index contributed by atoms with van der Waals surface area (Å²) in [6.07, 6.45) is 0.993. The zero-order valence-corrected chi connectivity index (χ0v) is 16.3. The van der Waals surface area contributed by atoms with Crippen molar-refractivity contribution in [3.63, 3.8) is 0 Å². The molecule has 0 aliphatic carbocycles. The number of benzene rings is 2. The normalized spacial score (nSPS) is 14.8. The number of nitrogens with zero attached hydrogens (tertiary/aromatic N) is 1. The molecule has 140 valence electrons. The molecule has 1 unspecified atom stereocenters. The SMILES string of the molecule is CCOc1cc2c(cc1NC(=O)CSCc1ccc(C#N)cc1)OC(C)C2. The van der Waals surface area contributed by atoms with E-state index in [4.69, 9.17) is 14.7 Å². The van der Waals surface area contributed by atoms with Crippen molar-refractivity contribution < 1.29 is 14.3 Å². The molecule has 5 nitrogen and oxygen atoms in total. The molecule has 0 saturated carbocycles. The lowest BCUT2D eigenvalue weighted by molar-refractivity contribution is -0.113. The fraction of sp³-hybridized carbons (Fsp3) is 0.333. The van der Waals surface area contributed by atoms with Crippen molar-refractivity contribution >= 4 is 23.4 Å².